The lowest BCUT2D eigenvalue weighted by atomic mass is 9.99. The highest BCUT2D eigenvalue weighted by Gasteiger charge is 2.14. The lowest BCUT2D eigenvalue weighted by molar-refractivity contribution is 0.648. The summed E-state index contributed by atoms with van der Waals surface area (Å²) in [6.07, 6.45) is 0.841. The molecule has 0 aliphatic carbocycles. The fourth-order valence-electron chi connectivity index (χ4n) is 2.89. The molecule has 0 bridgehead atoms. The normalized spacial score (nSPS) is 11.6. The van der Waals surface area contributed by atoms with Gasteiger partial charge in [0.15, 0.2) is 5.11 Å². The van der Waals surface area contributed by atoms with Crippen molar-refractivity contribution >= 4 is 34.6 Å². The fraction of sp³-hybridized carbons (Fsp3) is 0.136. The van der Waals surface area contributed by atoms with Crippen LogP contribution in [0.4, 0.5) is 5.69 Å². The number of hydrogen-bond donors (Lipinski definition) is 2. The number of thiocarbonyl (C=S) groups is 1. The average Bonchev–Trinajstić information content (AvgIpc) is 2.66. The first kappa shape index (κ1) is 18.4. The Morgan fingerprint density at radius 1 is 0.923 bits per heavy atom. The van der Waals surface area contributed by atoms with Gasteiger partial charge in [-0.25, -0.2) is 0 Å². The maximum Gasteiger partial charge on any atom is 0.171 e. The summed E-state index contributed by atoms with van der Waals surface area (Å²) in [5, 5.41) is 7.92. The SMILES string of the molecule is Cc1cccc(Cl)c1NC(=S)N[C@@H](Cc1ccccc1)c1ccccc1. The minimum atomic E-state index is 0.0707. The number of benzene rings is 3. The average molecular weight is 381 g/mol. The molecular formula is C22H21ClN2S. The van der Waals surface area contributed by atoms with Crippen molar-refractivity contribution in [1.82, 2.24) is 5.32 Å². The van der Waals surface area contributed by atoms with Gasteiger partial charge >= 0.3 is 0 Å². The Morgan fingerprint density at radius 3 is 2.23 bits per heavy atom. The van der Waals surface area contributed by atoms with Crippen LogP contribution < -0.4 is 10.6 Å². The molecule has 0 aromatic heterocycles. The number of rotatable bonds is 5. The molecule has 0 heterocycles. The van der Waals surface area contributed by atoms with Gasteiger partial charge in [0, 0.05) is 0 Å². The van der Waals surface area contributed by atoms with Crippen molar-refractivity contribution in [2.45, 2.75) is 19.4 Å². The summed E-state index contributed by atoms with van der Waals surface area (Å²) in [5.74, 6) is 0. The molecule has 3 aromatic rings. The van der Waals surface area contributed by atoms with E-state index in [9.17, 15) is 0 Å². The summed E-state index contributed by atoms with van der Waals surface area (Å²) in [6.45, 7) is 2.01. The van der Waals surface area contributed by atoms with Crippen LogP contribution >= 0.6 is 23.8 Å². The van der Waals surface area contributed by atoms with E-state index in [1.807, 2.05) is 49.4 Å². The van der Waals surface area contributed by atoms with Crippen molar-refractivity contribution < 1.29 is 0 Å². The van der Waals surface area contributed by atoms with Gasteiger partial charge in [-0.1, -0.05) is 84.4 Å². The standard InChI is InChI=1S/C22H21ClN2S/c1-16-9-8-14-19(23)21(16)25-22(26)24-20(18-12-6-3-7-13-18)15-17-10-4-2-5-11-17/h2-14,20H,15H2,1H3,(H2,24,25,26)/t20-/m0/s1. The first-order valence-corrected chi connectivity index (χ1v) is 9.33. The van der Waals surface area contributed by atoms with Gasteiger partial charge < -0.3 is 10.6 Å². The smallest absolute Gasteiger partial charge is 0.171 e. The predicted octanol–water partition coefficient (Wildman–Crippen LogP) is 5.92. The molecule has 1 atom stereocenters. The van der Waals surface area contributed by atoms with Crippen LogP contribution in [-0.2, 0) is 6.42 Å². The summed E-state index contributed by atoms with van der Waals surface area (Å²) in [5.41, 5.74) is 4.35. The van der Waals surface area contributed by atoms with Gasteiger partial charge in [-0.3, -0.25) is 0 Å². The monoisotopic (exact) mass is 380 g/mol. The molecule has 0 aliphatic heterocycles. The minimum absolute atomic E-state index is 0.0707. The van der Waals surface area contributed by atoms with Crippen LogP contribution in [0.15, 0.2) is 78.9 Å². The first-order chi connectivity index (χ1) is 12.6. The Balaban J connectivity index is 1.78. The molecule has 0 spiro atoms. The molecule has 4 heteroatoms. The van der Waals surface area contributed by atoms with Gasteiger partial charge in [0.25, 0.3) is 0 Å². The third-order valence-corrected chi connectivity index (χ3v) is 4.79. The van der Waals surface area contributed by atoms with Crippen molar-refractivity contribution in [3.05, 3.63) is 101 Å². The molecule has 2 nitrogen and oxygen atoms in total. The van der Waals surface area contributed by atoms with E-state index < -0.39 is 0 Å². The molecule has 0 amide bonds. The predicted molar refractivity (Wildman–Crippen MR) is 115 cm³/mol. The molecule has 26 heavy (non-hydrogen) atoms. The molecule has 0 radical (unpaired) electrons. The van der Waals surface area contributed by atoms with Crippen LogP contribution in [0.3, 0.4) is 0 Å². The second-order valence-corrected chi connectivity index (χ2v) is 7.00. The molecular weight excluding hydrogens is 360 g/mol. The Hall–Kier alpha value is -2.36. The van der Waals surface area contributed by atoms with Crippen LogP contribution in [0.5, 0.6) is 0 Å². The largest absolute Gasteiger partial charge is 0.355 e. The van der Waals surface area contributed by atoms with Crippen LogP contribution in [0, 0.1) is 6.92 Å². The summed E-state index contributed by atoms with van der Waals surface area (Å²) < 4.78 is 0. The minimum Gasteiger partial charge on any atom is -0.355 e. The zero-order valence-corrected chi connectivity index (χ0v) is 16.1. The molecule has 3 aromatic carbocycles. The highest BCUT2D eigenvalue weighted by atomic mass is 35.5. The summed E-state index contributed by atoms with van der Waals surface area (Å²) in [6, 6.07) is 26.6. The van der Waals surface area contributed by atoms with E-state index in [1.54, 1.807) is 0 Å². The van der Waals surface area contributed by atoms with Crippen LogP contribution in [0.1, 0.15) is 22.7 Å². The second-order valence-electron chi connectivity index (χ2n) is 6.18. The van der Waals surface area contributed by atoms with Gasteiger partial charge in [0.2, 0.25) is 0 Å². The number of para-hydroxylation sites is 1. The molecule has 0 saturated heterocycles. The number of halogens is 1. The lowest BCUT2D eigenvalue weighted by Gasteiger charge is -2.22. The van der Waals surface area contributed by atoms with Gasteiger partial charge in [0.1, 0.15) is 0 Å². The lowest BCUT2D eigenvalue weighted by Crippen LogP contribution is -2.33. The Morgan fingerprint density at radius 2 is 1.58 bits per heavy atom. The number of anilines is 1. The van der Waals surface area contributed by atoms with Gasteiger partial charge in [-0.15, -0.1) is 0 Å². The quantitative estimate of drug-likeness (QED) is 0.537. The zero-order chi connectivity index (χ0) is 18.4. The van der Waals surface area contributed by atoms with Crippen LogP contribution in [-0.4, -0.2) is 5.11 Å². The Labute approximate surface area is 165 Å². The van der Waals surface area contributed by atoms with Crippen molar-refractivity contribution in [2.75, 3.05) is 5.32 Å². The summed E-state index contributed by atoms with van der Waals surface area (Å²) in [7, 11) is 0. The summed E-state index contributed by atoms with van der Waals surface area (Å²) in [4.78, 5) is 0. The van der Waals surface area contributed by atoms with Gasteiger partial charge in [-0.05, 0) is 48.3 Å². The zero-order valence-electron chi connectivity index (χ0n) is 14.6. The van der Waals surface area contributed by atoms with Crippen molar-refractivity contribution in [3.63, 3.8) is 0 Å². The van der Waals surface area contributed by atoms with E-state index in [2.05, 4.69) is 47.0 Å². The van der Waals surface area contributed by atoms with E-state index in [-0.39, 0.29) is 6.04 Å². The number of nitrogens with one attached hydrogen (secondary N) is 2. The van der Waals surface area contributed by atoms with E-state index in [1.165, 1.54) is 11.1 Å². The van der Waals surface area contributed by atoms with E-state index in [0.717, 1.165) is 17.7 Å². The molecule has 0 unspecified atom stereocenters. The summed E-state index contributed by atoms with van der Waals surface area (Å²) >= 11 is 11.9. The van der Waals surface area contributed by atoms with Gasteiger partial charge in [-0.2, -0.15) is 0 Å². The maximum atomic E-state index is 6.31. The second kappa shape index (κ2) is 8.84. The molecule has 0 saturated carbocycles. The van der Waals surface area contributed by atoms with Crippen molar-refractivity contribution in [3.8, 4) is 0 Å². The maximum absolute atomic E-state index is 6.31. The van der Waals surface area contributed by atoms with Gasteiger partial charge in [0.05, 0.1) is 16.8 Å². The van der Waals surface area contributed by atoms with Crippen LogP contribution in [0.2, 0.25) is 5.02 Å². The van der Waals surface area contributed by atoms with Crippen molar-refractivity contribution in [2.24, 2.45) is 0 Å². The highest BCUT2D eigenvalue weighted by molar-refractivity contribution is 7.80. The van der Waals surface area contributed by atoms with E-state index in [0.29, 0.717) is 10.1 Å². The molecule has 3 rings (SSSR count). The molecule has 0 aliphatic rings. The Kier molecular flexibility index (Phi) is 6.26. The molecule has 0 fully saturated rings. The molecule has 132 valence electrons. The first-order valence-electron chi connectivity index (χ1n) is 8.55. The number of aryl methyl sites for hydroxylation is 1. The molecule has 2 N–H and O–H groups in total. The Bertz CT molecular complexity index is 846. The third kappa shape index (κ3) is 4.84. The third-order valence-electron chi connectivity index (χ3n) is 4.25. The van der Waals surface area contributed by atoms with Crippen LogP contribution in [0.25, 0.3) is 0 Å². The topological polar surface area (TPSA) is 24.1 Å². The number of hydrogen-bond acceptors (Lipinski definition) is 1. The van der Waals surface area contributed by atoms with Crippen molar-refractivity contribution in [1.29, 1.82) is 0 Å². The highest BCUT2D eigenvalue weighted by Crippen LogP contribution is 2.25. The fourth-order valence-corrected chi connectivity index (χ4v) is 3.40. The van der Waals surface area contributed by atoms with E-state index in [4.69, 9.17) is 23.8 Å². The van der Waals surface area contributed by atoms with E-state index >= 15 is 0 Å².